The molecular formula is C21H25FN2O6S. The van der Waals surface area contributed by atoms with E-state index in [1.165, 1.54) is 43.3 Å². The molecular weight excluding hydrogens is 427 g/mol. The summed E-state index contributed by atoms with van der Waals surface area (Å²) in [6, 6.07) is 11.5. The van der Waals surface area contributed by atoms with Crippen LogP contribution in [0.1, 0.15) is 25.8 Å². The molecule has 0 heterocycles. The van der Waals surface area contributed by atoms with Gasteiger partial charge in [0.15, 0.2) is 6.10 Å². The smallest absolute Gasteiger partial charge is 0.307 e. The highest BCUT2D eigenvalue weighted by atomic mass is 32.2. The third-order valence-electron chi connectivity index (χ3n) is 4.12. The van der Waals surface area contributed by atoms with Crippen LogP contribution < -0.4 is 14.8 Å². The van der Waals surface area contributed by atoms with E-state index in [1.54, 1.807) is 12.1 Å². The van der Waals surface area contributed by atoms with Gasteiger partial charge in [0.25, 0.3) is 5.91 Å². The largest absolute Gasteiger partial charge is 0.494 e. The molecule has 1 unspecified atom stereocenters. The van der Waals surface area contributed by atoms with E-state index in [0.29, 0.717) is 17.9 Å². The van der Waals surface area contributed by atoms with E-state index in [4.69, 9.17) is 9.47 Å². The van der Waals surface area contributed by atoms with Crippen molar-refractivity contribution in [2.45, 2.75) is 37.8 Å². The van der Waals surface area contributed by atoms with Gasteiger partial charge in [-0.2, -0.15) is 0 Å². The van der Waals surface area contributed by atoms with E-state index in [0.717, 1.165) is 0 Å². The number of esters is 1. The van der Waals surface area contributed by atoms with Crippen molar-refractivity contribution >= 4 is 21.9 Å². The lowest BCUT2D eigenvalue weighted by molar-refractivity contribution is -0.154. The molecule has 1 atom stereocenters. The lowest BCUT2D eigenvalue weighted by atomic mass is 10.2. The molecule has 0 aromatic heterocycles. The number of sulfonamides is 1. The molecule has 0 aliphatic rings. The summed E-state index contributed by atoms with van der Waals surface area (Å²) in [7, 11) is -3.79. The van der Waals surface area contributed by atoms with Crippen LogP contribution in [0.3, 0.4) is 0 Å². The molecule has 0 aliphatic carbocycles. The molecule has 31 heavy (non-hydrogen) atoms. The summed E-state index contributed by atoms with van der Waals surface area (Å²) >= 11 is 0. The van der Waals surface area contributed by atoms with Gasteiger partial charge >= 0.3 is 5.97 Å². The molecule has 8 nitrogen and oxygen atoms in total. The summed E-state index contributed by atoms with van der Waals surface area (Å²) in [5.74, 6) is -1.07. The zero-order valence-electron chi connectivity index (χ0n) is 17.3. The van der Waals surface area contributed by atoms with Crippen LogP contribution in [-0.4, -0.2) is 39.5 Å². The third-order valence-corrected chi connectivity index (χ3v) is 5.60. The molecule has 2 aromatic carbocycles. The van der Waals surface area contributed by atoms with Gasteiger partial charge in [-0.15, -0.1) is 0 Å². The quantitative estimate of drug-likeness (QED) is 0.506. The monoisotopic (exact) mass is 452 g/mol. The molecule has 10 heteroatoms. The van der Waals surface area contributed by atoms with Crippen LogP contribution in [0.4, 0.5) is 4.39 Å². The maximum Gasteiger partial charge on any atom is 0.307 e. The van der Waals surface area contributed by atoms with Gasteiger partial charge in [-0.1, -0.05) is 12.1 Å². The van der Waals surface area contributed by atoms with Crippen molar-refractivity contribution in [1.82, 2.24) is 10.0 Å². The first-order valence-corrected chi connectivity index (χ1v) is 11.1. The zero-order valence-corrected chi connectivity index (χ0v) is 18.1. The van der Waals surface area contributed by atoms with Crippen molar-refractivity contribution in [2.75, 3.05) is 13.2 Å². The van der Waals surface area contributed by atoms with Crippen LogP contribution in [0, 0.1) is 5.82 Å². The van der Waals surface area contributed by atoms with Crippen molar-refractivity contribution in [3.05, 3.63) is 59.9 Å². The maximum absolute atomic E-state index is 12.9. The number of benzene rings is 2. The average molecular weight is 453 g/mol. The van der Waals surface area contributed by atoms with Gasteiger partial charge in [0.05, 0.1) is 17.9 Å². The Bertz CT molecular complexity index is 978. The molecule has 1 amide bonds. The minimum Gasteiger partial charge on any atom is -0.494 e. The van der Waals surface area contributed by atoms with Gasteiger partial charge in [0, 0.05) is 13.1 Å². The Morgan fingerprint density at radius 3 is 2.32 bits per heavy atom. The highest BCUT2D eigenvalue weighted by Crippen LogP contribution is 2.15. The summed E-state index contributed by atoms with van der Waals surface area (Å²) < 4.78 is 50.0. The fourth-order valence-corrected chi connectivity index (χ4v) is 3.53. The zero-order chi connectivity index (χ0) is 22.9. The number of hydrogen-bond donors (Lipinski definition) is 2. The number of ether oxygens (including phenoxy) is 2. The summed E-state index contributed by atoms with van der Waals surface area (Å²) in [5.41, 5.74) is 0.692. The minimum absolute atomic E-state index is 0.0397. The highest BCUT2D eigenvalue weighted by molar-refractivity contribution is 7.89. The van der Waals surface area contributed by atoms with Gasteiger partial charge in [0.2, 0.25) is 10.0 Å². The average Bonchev–Trinajstić information content (AvgIpc) is 2.73. The molecule has 0 saturated carbocycles. The van der Waals surface area contributed by atoms with Crippen LogP contribution in [0.5, 0.6) is 5.75 Å². The van der Waals surface area contributed by atoms with Crippen LogP contribution in [0.2, 0.25) is 0 Å². The Morgan fingerprint density at radius 2 is 1.71 bits per heavy atom. The van der Waals surface area contributed by atoms with Crippen molar-refractivity contribution in [1.29, 1.82) is 0 Å². The summed E-state index contributed by atoms with van der Waals surface area (Å²) in [5, 5.41) is 2.58. The van der Waals surface area contributed by atoms with E-state index in [9.17, 15) is 22.4 Å². The van der Waals surface area contributed by atoms with E-state index < -0.39 is 28.0 Å². The Hall–Kier alpha value is -2.98. The van der Waals surface area contributed by atoms with Crippen LogP contribution >= 0.6 is 0 Å². The normalized spacial score (nSPS) is 12.1. The first-order valence-electron chi connectivity index (χ1n) is 9.65. The molecule has 2 rings (SSSR count). The molecule has 2 N–H and O–H groups in total. The fraction of sp³-hybridized carbons (Fsp3) is 0.333. The van der Waals surface area contributed by atoms with E-state index in [2.05, 4.69) is 10.0 Å². The molecule has 0 saturated heterocycles. The molecule has 0 radical (unpaired) electrons. The van der Waals surface area contributed by atoms with Crippen LogP contribution in [0.25, 0.3) is 0 Å². The van der Waals surface area contributed by atoms with E-state index >= 15 is 0 Å². The van der Waals surface area contributed by atoms with E-state index in [1.807, 2.05) is 6.92 Å². The Balaban J connectivity index is 1.74. The second-order valence-corrected chi connectivity index (χ2v) is 8.30. The Morgan fingerprint density at radius 1 is 1.06 bits per heavy atom. The minimum atomic E-state index is -3.79. The summed E-state index contributed by atoms with van der Waals surface area (Å²) in [6.45, 7) is 3.67. The van der Waals surface area contributed by atoms with Crippen LogP contribution in [-0.2, 0) is 30.9 Å². The standard InChI is InChI=1S/C21H25FN2O6S/c1-3-29-18-8-10-19(11-9-18)31(27,28)24-13-12-20(25)30-15(2)21(26)23-14-16-4-6-17(22)7-5-16/h4-11,15,24H,3,12-14H2,1-2H3,(H,23,26). The van der Waals surface area contributed by atoms with Crippen molar-refractivity contribution in [2.24, 2.45) is 0 Å². The number of carbonyl (C=O) groups excluding carboxylic acids is 2. The van der Waals surface area contributed by atoms with Gasteiger partial charge in [-0.05, 0) is 55.8 Å². The molecule has 0 spiro atoms. The Labute approximate surface area is 180 Å². The highest BCUT2D eigenvalue weighted by Gasteiger charge is 2.19. The maximum atomic E-state index is 12.9. The van der Waals surface area contributed by atoms with Gasteiger partial charge < -0.3 is 14.8 Å². The lowest BCUT2D eigenvalue weighted by Gasteiger charge is -2.14. The number of carbonyl (C=O) groups is 2. The summed E-state index contributed by atoms with van der Waals surface area (Å²) in [4.78, 5) is 24.0. The predicted octanol–water partition coefficient (Wildman–Crippen LogP) is 2.14. The molecule has 0 fully saturated rings. The predicted molar refractivity (Wildman–Crippen MR) is 111 cm³/mol. The number of rotatable bonds is 11. The molecule has 168 valence electrons. The second-order valence-electron chi connectivity index (χ2n) is 6.53. The number of halogens is 1. The van der Waals surface area contributed by atoms with Gasteiger partial charge in [0.1, 0.15) is 11.6 Å². The van der Waals surface area contributed by atoms with Crippen molar-refractivity contribution in [3.63, 3.8) is 0 Å². The topological polar surface area (TPSA) is 111 Å². The second kappa shape index (κ2) is 11.4. The molecule has 2 aromatic rings. The van der Waals surface area contributed by atoms with Crippen molar-refractivity contribution in [3.8, 4) is 5.75 Å². The summed E-state index contributed by atoms with van der Waals surface area (Å²) in [6.07, 6.45) is -1.30. The SMILES string of the molecule is CCOc1ccc(S(=O)(=O)NCCC(=O)OC(C)C(=O)NCc2ccc(F)cc2)cc1. The number of amides is 1. The molecule has 0 bridgehead atoms. The van der Waals surface area contributed by atoms with Gasteiger partial charge in [-0.3, -0.25) is 9.59 Å². The molecule has 0 aliphatic heterocycles. The van der Waals surface area contributed by atoms with Crippen LogP contribution in [0.15, 0.2) is 53.4 Å². The first kappa shape index (κ1) is 24.3. The van der Waals surface area contributed by atoms with E-state index in [-0.39, 0.29) is 30.2 Å². The third kappa shape index (κ3) is 7.99. The van der Waals surface area contributed by atoms with Crippen molar-refractivity contribution < 1.29 is 31.9 Å². The van der Waals surface area contributed by atoms with Gasteiger partial charge in [-0.25, -0.2) is 17.5 Å². The lowest BCUT2D eigenvalue weighted by Crippen LogP contribution is -2.36. The first-order chi connectivity index (χ1) is 14.7. The number of hydrogen-bond acceptors (Lipinski definition) is 6. The fourth-order valence-electron chi connectivity index (χ4n) is 2.50. The Kier molecular flexibility index (Phi) is 8.95. The number of nitrogens with one attached hydrogen (secondary N) is 2.